The number of fused-ring (bicyclic) bond motifs is 1. The van der Waals surface area contributed by atoms with E-state index in [0.717, 1.165) is 33.5 Å². The second kappa shape index (κ2) is 6.56. The number of rotatable bonds is 5. The Morgan fingerprint density at radius 3 is 2.60 bits per heavy atom. The van der Waals surface area contributed by atoms with Crippen molar-refractivity contribution in [1.82, 2.24) is 29.8 Å². The van der Waals surface area contributed by atoms with Gasteiger partial charge in [0.25, 0.3) is 0 Å². The summed E-state index contributed by atoms with van der Waals surface area (Å²) in [5.41, 5.74) is 3.07. The Morgan fingerprint density at radius 1 is 1.08 bits per heavy atom. The fourth-order valence-electron chi connectivity index (χ4n) is 2.66. The molecule has 4 aromatic rings. The van der Waals surface area contributed by atoms with Crippen LogP contribution in [0.1, 0.15) is 5.82 Å². The maximum Gasteiger partial charge on any atom is 0.209 e. The lowest BCUT2D eigenvalue weighted by molar-refractivity contribution is 0.414. The maximum absolute atomic E-state index is 5.26. The van der Waals surface area contributed by atoms with Crippen molar-refractivity contribution in [3.05, 3.63) is 54.4 Å². The molecule has 0 saturated heterocycles. The van der Waals surface area contributed by atoms with Crippen LogP contribution in [0.25, 0.3) is 16.7 Å². The minimum absolute atomic E-state index is 0.662. The number of para-hydroxylation sites is 2. The number of thioether (sulfide) groups is 1. The summed E-state index contributed by atoms with van der Waals surface area (Å²) >= 11 is 1.56. The van der Waals surface area contributed by atoms with Crippen LogP contribution in [-0.2, 0) is 12.8 Å². The lowest BCUT2D eigenvalue weighted by Crippen LogP contribution is -2.01. The van der Waals surface area contributed by atoms with Crippen molar-refractivity contribution < 1.29 is 4.74 Å². The van der Waals surface area contributed by atoms with Crippen LogP contribution in [0.3, 0.4) is 0 Å². The van der Waals surface area contributed by atoms with E-state index < -0.39 is 0 Å². The lowest BCUT2D eigenvalue weighted by Gasteiger charge is -2.10. The smallest absolute Gasteiger partial charge is 0.209 e. The molecule has 7 nitrogen and oxygen atoms in total. The third-order valence-electron chi connectivity index (χ3n) is 3.87. The average molecular weight is 352 g/mol. The quantitative estimate of drug-likeness (QED) is 0.514. The zero-order valence-corrected chi connectivity index (χ0v) is 14.6. The molecule has 0 spiro atoms. The number of imidazole rings is 1. The number of hydrogen-bond acceptors (Lipinski definition) is 6. The van der Waals surface area contributed by atoms with Crippen LogP contribution in [0.2, 0.25) is 0 Å². The van der Waals surface area contributed by atoms with Crippen molar-refractivity contribution in [2.45, 2.75) is 10.9 Å². The van der Waals surface area contributed by atoms with Crippen LogP contribution in [-0.4, -0.2) is 36.9 Å². The molecule has 126 valence electrons. The lowest BCUT2D eigenvalue weighted by atomic mass is 10.2. The zero-order chi connectivity index (χ0) is 17.2. The van der Waals surface area contributed by atoms with Gasteiger partial charge in [-0.05, 0) is 46.8 Å². The Morgan fingerprint density at radius 2 is 1.88 bits per heavy atom. The molecule has 0 N–H and O–H groups in total. The van der Waals surface area contributed by atoms with Gasteiger partial charge in [0.2, 0.25) is 5.16 Å². The van der Waals surface area contributed by atoms with Gasteiger partial charge in [0.05, 0.1) is 23.9 Å². The van der Waals surface area contributed by atoms with E-state index >= 15 is 0 Å². The van der Waals surface area contributed by atoms with Crippen LogP contribution >= 0.6 is 11.8 Å². The normalized spacial score (nSPS) is 11.1. The summed E-state index contributed by atoms with van der Waals surface area (Å²) in [6.45, 7) is 0. The van der Waals surface area contributed by atoms with Crippen molar-refractivity contribution >= 4 is 22.8 Å². The Labute approximate surface area is 148 Å². The number of ether oxygens (including phenoxy) is 1. The summed E-state index contributed by atoms with van der Waals surface area (Å²) in [4.78, 5) is 4.79. The average Bonchev–Trinajstić information content (AvgIpc) is 3.23. The van der Waals surface area contributed by atoms with Crippen molar-refractivity contribution in [2.75, 3.05) is 7.11 Å². The zero-order valence-electron chi connectivity index (χ0n) is 13.8. The molecular formula is C17H16N6OS. The number of aryl methyl sites for hydroxylation is 1. The predicted octanol–water partition coefficient (Wildman–Crippen LogP) is 2.85. The summed E-state index contributed by atoms with van der Waals surface area (Å²) in [6.07, 6.45) is 0. The van der Waals surface area contributed by atoms with Crippen LogP contribution in [0.5, 0.6) is 5.75 Å². The van der Waals surface area contributed by atoms with E-state index in [-0.39, 0.29) is 0 Å². The summed E-state index contributed by atoms with van der Waals surface area (Å²) < 4.78 is 9.08. The van der Waals surface area contributed by atoms with Crippen molar-refractivity contribution in [1.29, 1.82) is 0 Å². The Bertz CT molecular complexity index is 1010. The molecule has 0 radical (unpaired) electrons. The van der Waals surface area contributed by atoms with Crippen molar-refractivity contribution in [2.24, 2.45) is 7.05 Å². The molecule has 0 aliphatic carbocycles. The van der Waals surface area contributed by atoms with Gasteiger partial charge in [0.15, 0.2) is 0 Å². The topological polar surface area (TPSA) is 70.7 Å². The fourth-order valence-corrected chi connectivity index (χ4v) is 3.43. The van der Waals surface area contributed by atoms with E-state index in [2.05, 4.69) is 26.2 Å². The Balaban J connectivity index is 1.76. The van der Waals surface area contributed by atoms with E-state index in [1.165, 1.54) is 0 Å². The molecule has 2 heterocycles. The molecule has 25 heavy (non-hydrogen) atoms. The van der Waals surface area contributed by atoms with Gasteiger partial charge < -0.3 is 4.74 Å². The third kappa shape index (κ3) is 2.96. The summed E-state index contributed by atoms with van der Waals surface area (Å²) in [7, 11) is 3.49. The molecule has 2 aromatic carbocycles. The molecule has 0 fully saturated rings. The summed E-state index contributed by atoms with van der Waals surface area (Å²) in [5.74, 6) is 2.43. The van der Waals surface area contributed by atoms with Gasteiger partial charge in [-0.3, -0.25) is 4.57 Å². The maximum atomic E-state index is 5.26. The highest BCUT2D eigenvalue weighted by Gasteiger charge is 2.14. The van der Waals surface area contributed by atoms with E-state index in [0.29, 0.717) is 5.75 Å². The van der Waals surface area contributed by atoms with Gasteiger partial charge in [0.1, 0.15) is 11.6 Å². The molecule has 4 rings (SSSR count). The van der Waals surface area contributed by atoms with Gasteiger partial charge in [0, 0.05) is 12.7 Å². The van der Waals surface area contributed by atoms with Gasteiger partial charge in [-0.25, -0.2) is 9.67 Å². The van der Waals surface area contributed by atoms with Gasteiger partial charge in [-0.15, -0.1) is 5.10 Å². The molecular weight excluding hydrogens is 336 g/mol. The summed E-state index contributed by atoms with van der Waals surface area (Å²) in [6, 6.07) is 16.1. The number of hydrogen-bond donors (Lipinski definition) is 0. The first kappa shape index (κ1) is 15.6. The van der Waals surface area contributed by atoms with Gasteiger partial charge in [-0.1, -0.05) is 23.9 Å². The SMILES string of the molecule is COc1ccc(-n2c(CSc3nnnn3C)nc3ccccc32)cc1. The first-order chi connectivity index (χ1) is 12.3. The van der Waals surface area contributed by atoms with Gasteiger partial charge >= 0.3 is 0 Å². The van der Waals surface area contributed by atoms with Crippen molar-refractivity contribution in [3.63, 3.8) is 0 Å². The summed E-state index contributed by atoms with van der Waals surface area (Å²) in [5, 5.41) is 12.3. The molecule has 8 heteroatoms. The number of aromatic nitrogens is 6. The number of benzene rings is 2. The first-order valence-corrected chi connectivity index (χ1v) is 8.71. The number of nitrogens with zero attached hydrogens (tertiary/aromatic N) is 6. The minimum Gasteiger partial charge on any atom is -0.497 e. The Kier molecular flexibility index (Phi) is 4.10. The molecule has 0 aliphatic heterocycles. The first-order valence-electron chi connectivity index (χ1n) is 7.72. The van der Waals surface area contributed by atoms with Crippen molar-refractivity contribution in [3.8, 4) is 11.4 Å². The number of tetrazole rings is 1. The second-order valence-electron chi connectivity index (χ2n) is 5.42. The predicted molar refractivity (Wildman–Crippen MR) is 96.0 cm³/mol. The van der Waals surface area contributed by atoms with Crippen LogP contribution in [0.15, 0.2) is 53.7 Å². The highest BCUT2D eigenvalue weighted by Crippen LogP contribution is 2.27. The van der Waals surface area contributed by atoms with E-state index in [4.69, 9.17) is 9.72 Å². The monoisotopic (exact) mass is 352 g/mol. The molecule has 0 unspecified atom stereocenters. The van der Waals surface area contributed by atoms with Gasteiger partial charge in [-0.2, -0.15) is 0 Å². The standard InChI is InChI=1S/C17H16N6OS/c1-22-17(19-20-21-22)25-11-16-18-14-5-3-4-6-15(14)23(16)12-7-9-13(24-2)10-8-12/h3-10H,11H2,1-2H3. The van der Waals surface area contributed by atoms with Crippen LogP contribution < -0.4 is 4.74 Å². The minimum atomic E-state index is 0.662. The van der Waals surface area contributed by atoms with E-state index in [9.17, 15) is 0 Å². The van der Waals surface area contributed by atoms with Crippen LogP contribution in [0, 0.1) is 0 Å². The molecule has 0 atom stereocenters. The fraction of sp³-hybridized carbons (Fsp3) is 0.176. The van der Waals surface area contributed by atoms with E-state index in [1.54, 1.807) is 23.6 Å². The third-order valence-corrected chi connectivity index (χ3v) is 4.88. The highest BCUT2D eigenvalue weighted by atomic mass is 32.2. The van der Waals surface area contributed by atoms with E-state index in [1.807, 2.05) is 49.5 Å². The van der Waals surface area contributed by atoms with Crippen LogP contribution in [0.4, 0.5) is 0 Å². The highest BCUT2D eigenvalue weighted by molar-refractivity contribution is 7.98. The molecule has 0 saturated carbocycles. The molecule has 2 aromatic heterocycles. The largest absolute Gasteiger partial charge is 0.497 e. The molecule has 0 amide bonds. The second-order valence-corrected chi connectivity index (χ2v) is 6.37. The Hall–Kier alpha value is -2.87. The molecule has 0 aliphatic rings. The number of methoxy groups -OCH3 is 1. The molecule has 0 bridgehead atoms.